The summed E-state index contributed by atoms with van der Waals surface area (Å²) in [5, 5.41) is 3.46. The molecule has 0 unspecified atom stereocenters. The van der Waals surface area contributed by atoms with E-state index in [0.717, 1.165) is 18.0 Å². The summed E-state index contributed by atoms with van der Waals surface area (Å²) < 4.78 is 10.8. The van der Waals surface area contributed by atoms with Crippen molar-refractivity contribution in [1.29, 1.82) is 0 Å². The first-order chi connectivity index (χ1) is 10.2. The van der Waals surface area contributed by atoms with E-state index in [-0.39, 0.29) is 0 Å². The summed E-state index contributed by atoms with van der Waals surface area (Å²) in [5.74, 6) is 0.876. The third-order valence-electron chi connectivity index (χ3n) is 3.41. The lowest BCUT2D eigenvalue weighted by molar-refractivity contribution is 0.146. The van der Waals surface area contributed by atoms with E-state index in [2.05, 4.69) is 61.6 Å². The predicted octanol–water partition coefficient (Wildman–Crippen LogP) is 3.94. The first-order valence-electron chi connectivity index (χ1n) is 7.21. The number of hydrogen-bond acceptors (Lipinski definition) is 3. The van der Waals surface area contributed by atoms with Gasteiger partial charge in [0.1, 0.15) is 12.4 Å². The van der Waals surface area contributed by atoms with Crippen molar-refractivity contribution in [2.45, 2.75) is 20.4 Å². The molecule has 0 aliphatic rings. The zero-order valence-electron chi connectivity index (χ0n) is 13.0. The maximum Gasteiger partial charge on any atom is 0.142 e. The summed E-state index contributed by atoms with van der Waals surface area (Å²) in [6.45, 7) is 6.12. The highest BCUT2D eigenvalue weighted by atomic mass is 16.5. The smallest absolute Gasteiger partial charge is 0.142 e. The molecule has 112 valence electrons. The number of methoxy groups -OCH3 is 1. The van der Waals surface area contributed by atoms with Crippen LogP contribution in [0.15, 0.2) is 42.5 Å². The first kappa shape index (κ1) is 15.4. The minimum atomic E-state index is 0.555. The number of anilines is 1. The maximum absolute atomic E-state index is 5.79. The van der Waals surface area contributed by atoms with Gasteiger partial charge in [-0.05, 0) is 42.7 Å². The number of nitrogens with one attached hydrogen (secondary N) is 1. The summed E-state index contributed by atoms with van der Waals surface area (Å²) in [6, 6.07) is 14.6. The fourth-order valence-electron chi connectivity index (χ4n) is 2.13. The Bertz CT molecular complexity index is 581. The van der Waals surface area contributed by atoms with Gasteiger partial charge in [-0.25, -0.2) is 0 Å². The van der Waals surface area contributed by atoms with Crippen molar-refractivity contribution in [2.24, 2.45) is 0 Å². The average Bonchev–Trinajstić information content (AvgIpc) is 2.48. The largest absolute Gasteiger partial charge is 0.489 e. The molecule has 2 rings (SSSR count). The molecule has 0 bridgehead atoms. The normalized spacial score (nSPS) is 10.4. The zero-order chi connectivity index (χ0) is 15.1. The molecule has 3 nitrogen and oxygen atoms in total. The van der Waals surface area contributed by atoms with Crippen LogP contribution in [0.25, 0.3) is 0 Å². The average molecular weight is 285 g/mol. The molecule has 0 heterocycles. The fraction of sp³-hybridized carbons (Fsp3) is 0.333. The molecular weight excluding hydrogens is 262 g/mol. The van der Waals surface area contributed by atoms with Crippen molar-refractivity contribution in [2.75, 3.05) is 25.6 Å². The lowest BCUT2D eigenvalue weighted by atomic mass is 10.1. The van der Waals surface area contributed by atoms with Crippen LogP contribution in [0.2, 0.25) is 0 Å². The van der Waals surface area contributed by atoms with Crippen LogP contribution in [-0.2, 0) is 11.3 Å². The number of benzene rings is 2. The molecule has 0 aromatic heterocycles. The van der Waals surface area contributed by atoms with Gasteiger partial charge in [-0.3, -0.25) is 0 Å². The Morgan fingerprint density at radius 1 is 1.00 bits per heavy atom. The van der Waals surface area contributed by atoms with Gasteiger partial charge in [-0.2, -0.15) is 0 Å². The van der Waals surface area contributed by atoms with Gasteiger partial charge in [0, 0.05) is 13.7 Å². The molecular formula is C18H23NO2. The van der Waals surface area contributed by atoms with Crippen LogP contribution in [0.1, 0.15) is 16.7 Å². The van der Waals surface area contributed by atoms with Gasteiger partial charge in [0.2, 0.25) is 0 Å². The predicted molar refractivity (Wildman–Crippen MR) is 87.1 cm³/mol. The van der Waals surface area contributed by atoms with Gasteiger partial charge in [-0.1, -0.05) is 30.3 Å². The molecule has 0 saturated heterocycles. The standard InChI is InChI=1S/C18H23NO2/c1-14-8-9-17(18(12-14)21-11-10-20-3)19-13-16-7-5-4-6-15(16)2/h4-9,12,19H,10-11,13H2,1-3H3. The van der Waals surface area contributed by atoms with E-state index in [1.54, 1.807) is 7.11 Å². The second kappa shape index (κ2) is 7.70. The van der Waals surface area contributed by atoms with Crippen LogP contribution in [0.3, 0.4) is 0 Å². The summed E-state index contributed by atoms with van der Waals surface area (Å²) in [4.78, 5) is 0. The zero-order valence-corrected chi connectivity index (χ0v) is 13.0. The van der Waals surface area contributed by atoms with E-state index >= 15 is 0 Å². The van der Waals surface area contributed by atoms with E-state index < -0.39 is 0 Å². The monoisotopic (exact) mass is 285 g/mol. The molecule has 0 aliphatic heterocycles. The molecule has 2 aromatic carbocycles. The van der Waals surface area contributed by atoms with Gasteiger partial charge >= 0.3 is 0 Å². The molecule has 0 spiro atoms. The highest BCUT2D eigenvalue weighted by molar-refractivity contribution is 5.58. The molecule has 0 atom stereocenters. The van der Waals surface area contributed by atoms with Gasteiger partial charge in [0.15, 0.2) is 0 Å². The SMILES string of the molecule is COCCOc1cc(C)ccc1NCc1ccccc1C. The first-order valence-corrected chi connectivity index (χ1v) is 7.21. The summed E-state index contributed by atoms with van der Waals surface area (Å²) >= 11 is 0. The molecule has 3 heteroatoms. The minimum absolute atomic E-state index is 0.555. The minimum Gasteiger partial charge on any atom is -0.489 e. The molecule has 2 aromatic rings. The van der Waals surface area contributed by atoms with Crippen LogP contribution in [0.4, 0.5) is 5.69 Å². The molecule has 0 radical (unpaired) electrons. The van der Waals surface area contributed by atoms with Crippen molar-refractivity contribution in [3.8, 4) is 5.75 Å². The van der Waals surface area contributed by atoms with E-state index in [4.69, 9.17) is 9.47 Å². The quantitative estimate of drug-likeness (QED) is 0.782. The molecule has 0 fully saturated rings. The summed E-state index contributed by atoms with van der Waals surface area (Å²) in [6.07, 6.45) is 0. The van der Waals surface area contributed by atoms with Crippen LogP contribution in [0.5, 0.6) is 5.75 Å². The lowest BCUT2D eigenvalue weighted by Gasteiger charge is -2.15. The Hall–Kier alpha value is -2.00. The second-order valence-corrected chi connectivity index (χ2v) is 5.12. The van der Waals surface area contributed by atoms with Crippen LogP contribution in [0, 0.1) is 13.8 Å². The molecule has 0 aliphatic carbocycles. The Labute approximate surface area is 126 Å². The van der Waals surface area contributed by atoms with E-state index in [1.807, 2.05) is 0 Å². The number of rotatable bonds is 7. The Morgan fingerprint density at radius 3 is 2.57 bits per heavy atom. The highest BCUT2D eigenvalue weighted by Gasteiger charge is 2.05. The highest BCUT2D eigenvalue weighted by Crippen LogP contribution is 2.26. The van der Waals surface area contributed by atoms with Crippen molar-refractivity contribution in [3.63, 3.8) is 0 Å². The summed E-state index contributed by atoms with van der Waals surface area (Å²) in [7, 11) is 1.68. The van der Waals surface area contributed by atoms with Crippen LogP contribution < -0.4 is 10.1 Å². The third kappa shape index (κ3) is 4.50. The van der Waals surface area contributed by atoms with Crippen LogP contribution >= 0.6 is 0 Å². The van der Waals surface area contributed by atoms with Gasteiger partial charge in [-0.15, -0.1) is 0 Å². The third-order valence-corrected chi connectivity index (χ3v) is 3.41. The van der Waals surface area contributed by atoms with Crippen LogP contribution in [-0.4, -0.2) is 20.3 Å². The van der Waals surface area contributed by atoms with Crippen molar-refractivity contribution in [1.82, 2.24) is 0 Å². The molecule has 0 saturated carbocycles. The number of ether oxygens (including phenoxy) is 2. The number of hydrogen-bond donors (Lipinski definition) is 1. The topological polar surface area (TPSA) is 30.5 Å². The van der Waals surface area contributed by atoms with Crippen molar-refractivity contribution < 1.29 is 9.47 Å². The Morgan fingerprint density at radius 2 is 1.81 bits per heavy atom. The Balaban J connectivity index is 2.06. The maximum atomic E-state index is 5.79. The van der Waals surface area contributed by atoms with Gasteiger partial charge < -0.3 is 14.8 Å². The van der Waals surface area contributed by atoms with E-state index in [0.29, 0.717) is 13.2 Å². The summed E-state index contributed by atoms with van der Waals surface area (Å²) in [5.41, 5.74) is 4.78. The van der Waals surface area contributed by atoms with E-state index in [9.17, 15) is 0 Å². The molecule has 0 amide bonds. The van der Waals surface area contributed by atoms with Gasteiger partial charge in [0.25, 0.3) is 0 Å². The molecule has 21 heavy (non-hydrogen) atoms. The molecule has 1 N–H and O–H groups in total. The van der Waals surface area contributed by atoms with Gasteiger partial charge in [0.05, 0.1) is 12.3 Å². The second-order valence-electron chi connectivity index (χ2n) is 5.12. The van der Waals surface area contributed by atoms with E-state index in [1.165, 1.54) is 16.7 Å². The lowest BCUT2D eigenvalue weighted by Crippen LogP contribution is -2.08. The van der Waals surface area contributed by atoms with Crippen molar-refractivity contribution >= 4 is 5.69 Å². The van der Waals surface area contributed by atoms with Crippen molar-refractivity contribution in [3.05, 3.63) is 59.2 Å². The number of aryl methyl sites for hydroxylation is 2. The Kier molecular flexibility index (Phi) is 5.64. The fourth-order valence-corrected chi connectivity index (χ4v) is 2.13.